The van der Waals surface area contributed by atoms with Crippen LogP contribution in [0.5, 0.6) is 11.5 Å². The third-order valence-corrected chi connectivity index (χ3v) is 5.95. The number of rotatable bonds is 6. The fraction of sp³-hybridized carbons (Fsp3) is 0.370. The number of hydrogen-bond donors (Lipinski definition) is 3. The number of aliphatic hydroxyl groups is 1. The Bertz CT molecular complexity index is 1120. The van der Waals surface area contributed by atoms with Gasteiger partial charge in [0.15, 0.2) is 5.78 Å². The van der Waals surface area contributed by atoms with Crippen LogP contribution in [0, 0.1) is 6.92 Å². The SMILES string of the molecule is CC(C)=CCCc1c(C)cc(O)c2c(O)c3c(cc12)[C@@H](CCC=C(C)C)C(=O)C=C3O. The van der Waals surface area contributed by atoms with Crippen LogP contribution in [0.4, 0.5) is 0 Å². The van der Waals surface area contributed by atoms with Gasteiger partial charge in [0.2, 0.25) is 0 Å². The lowest BCUT2D eigenvalue weighted by Gasteiger charge is -2.25. The molecule has 31 heavy (non-hydrogen) atoms. The molecule has 0 fully saturated rings. The summed E-state index contributed by atoms with van der Waals surface area (Å²) in [6.07, 6.45) is 8.37. The first-order chi connectivity index (χ1) is 14.6. The molecular weight excluding hydrogens is 388 g/mol. The van der Waals surface area contributed by atoms with E-state index >= 15 is 0 Å². The summed E-state index contributed by atoms with van der Waals surface area (Å²) in [4.78, 5) is 12.8. The summed E-state index contributed by atoms with van der Waals surface area (Å²) in [5.74, 6) is -1.03. The van der Waals surface area contributed by atoms with Crippen LogP contribution in [0.25, 0.3) is 16.5 Å². The fourth-order valence-corrected chi connectivity index (χ4v) is 4.44. The first-order valence-electron chi connectivity index (χ1n) is 10.8. The number of fused-ring (bicyclic) bond motifs is 2. The lowest BCUT2D eigenvalue weighted by molar-refractivity contribution is -0.116. The molecule has 1 aliphatic carbocycles. The number of allylic oxidation sites excluding steroid dienone is 5. The standard InChI is InChI=1S/C27H32O4/c1-15(2)8-6-10-18-17(5)12-23(29)25-20(18)13-21-19(11-7-9-16(3)4)22(28)14-24(30)26(21)27(25)31/h8-9,12-14,19,29-31H,6-7,10-11H2,1-5H3/t19-/m1/s1. The third-order valence-electron chi connectivity index (χ3n) is 5.95. The van der Waals surface area contributed by atoms with Crippen molar-refractivity contribution in [3.63, 3.8) is 0 Å². The fourth-order valence-electron chi connectivity index (χ4n) is 4.44. The van der Waals surface area contributed by atoms with E-state index in [1.165, 1.54) is 17.2 Å². The third kappa shape index (κ3) is 4.53. The summed E-state index contributed by atoms with van der Waals surface area (Å²) in [5.41, 5.74) is 5.28. The van der Waals surface area contributed by atoms with E-state index in [1.807, 2.05) is 26.8 Å². The molecule has 0 unspecified atom stereocenters. The van der Waals surface area contributed by atoms with Gasteiger partial charge >= 0.3 is 0 Å². The monoisotopic (exact) mass is 420 g/mol. The van der Waals surface area contributed by atoms with Gasteiger partial charge in [-0.15, -0.1) is 0 Å². The Morgan fingerprint density at radius 3 is 2.29 bits per heavy atom. The largest absolute Gasteiger partial charge is 0.507 e. The molecule has 0 saturated carbocycles. The normalized spacial score (nSPS) is 15.5. The maximum atomic E-state index is 12.8. The van der Waals surface area contributed by atoms with Crippen molar-refractivity contribution < 1.29 is 20.1 Å². The van der Waals surface area contributed by atoms with E-state index in [2.05, 4.69) is 26.0 Å². The average molecular weight is 421 g/mol. The van der Waals surface area contributed by atoms with Gasteiger partial charge in [-0.1, -0.05) is 23.3 Å². The van der Waals surface area contributed by atoms with E-state index in [1.54, 1.807) is 6.07 Å². The van der Waals surface area contributed by atoms with Crippen molar-refractivity contribution in [2.75, 3.05) is 0 Å². The first kappa shape index (κ1) is 22.7. The Hall–Kier alpha value is -3.01. The zero-order valence-corrected chi connectivity index (χ0v) is 19.0. The molecule has 2 aromatic carbocycles. The van der Waals surface area contributed by atoms with E-state index in [4.69, 9.17) is 0 Å². The predicted octanol–water partition coefficient (Wildman–Crippen LogP) is 6.77. The van der Waals surface area contributed by atoms with Gasteiger partial charge in [0.05, 0.1) is 10.9 Å². The molecule has 0 amide bonds. The van der Waals surface area contributed by atoms with Gasteiger partial charge in [0.1, 0.15) is 17.3 Å². The minimum Gasteiger partial charge on any atom is -0.507 e. The van der Waals surface area contributed by atoms with Crippen LogP contribution in [-0.4, -0.2) is 21.1 Å². The second-order valence-electron chi connectivity index (χ2n) is 8.97. The van der Waals surface area contributed by atoms with Gasteiger partial charge in [-0.05, 0) is 94.5 Å². The molecule has 164 valence electrons. The molecule has 0 aromatic heterocycles. The van der Waals surface area contributed by atoms with Crippen LogP contribution in [0.15, 0.2) is 41.5 Å². The van der Waals surface area contributed by atoms with Gasteiger partial charge < -0.3 is 15.3 Å². The second-order valence-corrected chi connectivity index (χ2v) is 8.97. The van der Waals surface area contributed by atoms with E-state index in [0.717, 1.165) is 35.8 Å². The number of carbonyl (C=O) groups is 1. The molecule has 1 aliphatic rings. The summed E-state index contributed by atoms with van der Waals surface area (Å²) in [6, 6.07) is 3.55. The van der Waals surface area contributed by atoms with Crippen LogP contribution in [0.1, 0.15) is 75.1 Å². The Balaban J connectivity index is 2.23. The molecule has 0 saturated heterocycles. The number of phenolic OH excluding ortho intramolecular Hbond substituents is 2. The smallest absolute Gasteiger partial charge is 0.166 e. The Morgan fingerprint density at radius 1 is 1.00 bits per heavy atom. The quantitative estimate of drug-likeness (QED) is 0.451. The molecule has 0 bridgehead atoms. The summed E-state index contributed by atoms with van der Waals surface area (Å²) in [7, 11) is 0. The maximum Gasteiger partial charge on any atom is 0.166 e. The molecule has 2 aromatic rings. The van der Waals surface area contributed by atoms with Gasteiger partial charge in [-0.25, -0.2) is 0 Å². The molecule has 0 spiro atoms. The van der Waals surface area contributed by atoms with E-state index < -0.39 is 5.92 Å². The van der Waals surface area contributed by atoms with Crippen molar-refractivity contribution in [3.05, 3.63) is 63.8 Å². The lowest BCUT2D eigenvalue weighted by atomic mass is 9.79. The maximum absolute atomic E-state index is 12.8. The summed E-state index contributed by atoms with van der Waals surface area (Å²) in [6.45, 7) is 10.1. The Labute approximate surface area is 184 Å². The number of hydrogen-bond acceptors (Lipinski definition) is 4. The van der Waals surface area contributed by atoms with Crippen molar-refractivity contribution >= 4 is 22.3 Å². The highest BCUT2D eigenvalue weighted by Crippen LogP contribution is 2.47. The van der Waals surface area contributed by atoms with Crippen molar-refractivity contribution in [2.24, 2.45) is 0 Å². The van der Waals surface area contributed by atoms with E-state index in [9.17, 15) is 20.1 Å². The van der Waals surface area contributed by atoms with E-state index in [0.29, 0.717) is 17.4 Å². The molecule has 3 rings (SSSR count). The topological polar surface area (TPSA) is 77.8 Å². The Morgan fingerprint density at radius 2 is 1.65 bits per heavy atom. The number of phenols is 2. The molecule has 1 atom stereocenters. The van der Waals surface area contributed by atoms with Gasteiger partial charge in [0.25, 0.3) is 0 Å². The first-order valence-corrected chi connectivity index (χ1v) is 10.8. The summed E-state index contributed by atoms with van der Waals surface area (Å²) in [5, 5.41) is 33.3. The van der Waals surface area contributed by atoms with Gasteiger partial charge in [-0.3, -0.25) is 4.79 Å². The van der Waals surface area contributed by atoms with Crippen LogP contribution in [-0.2, 0) is 11.2 Å². The van der Waals surface area contributed by atoms with Crippen molar-refractivity contribution in [3.8, 4) is 11.5 Å². The summed E-state index contributed by atoms with van der Waals surface area (Å²) >= 11 is 0. The minimum atomic E-state index is -0.440. The number of benzene rings is 2. The molecule has 3 N–H and O–H groups in total. The highest BCUT2D eigenvalue weighted by atomic mass is 16.3. The number of carbonyl (C=O) groups excluding carboxylic acids is 1. The molecule has 0 radical (unpaired) electrons. The van der Waals surface area contributed by atoms with Crippen LogP contribution < -0.4 is 0 Å². The number of ketones is 1. The van der Waals surface area contributed by atoms with E-state index in [-0.39, 0.29) is 28.6 Å². The van der Waals surface area contributed by atoms with Gasteiger partial charge in [-0.2, -0.15) is 0 Å². The molecule has 4 nitrogen and oxygen atoms in total. The van der Waals surface area contributed by atoms with Gasteiger partial charge in [0, 0.05) is 12.0 Å². The van der Waals surface area contributed by atoms with Crippen molar-refractivity contribution in [2.45, 2.75) is 66.2 Å². The zero-order chi connectivity index (χ0) is 22.9. The molecule has 0 heterocycles. The van der Waals surface area contributed by atoms with Crippen LogP contribution in [0.2, 0.25) is 0 Å². The van der Waals surface area contributed by atoms with Crippen molar-refractivity contribution in [1.82, 2.24) is 0 Å². The number of aromatic hydroxyl groups is 2. The zero-order valence-electron chi connectivity index (χ0n) is 19.0. The van der Waals surface area contributed by atoms with Crippen molar-refractivity contribution in [1.29, 1.82) is 0 Å². The Kier molecular flexibility index (Phi) is 6.59. The lowest BCUT2D eigenvalue weighted by Crippen LogP contribution is -2.17. The predicted molar refractivity (Wildman–Crippen MR) is 127 cm³/mol. The average Bonchev–Trinajstić information content (AvgIpc) is 2.65. The minimum absolute atomic E-state index is 0.0236. The molecule has 0 aliphatic heterocycles. The van der Waals surface area contributed by atoms with Crippen LogP contribution in [0.3, 0.4) is 0 Å². The highest BCUT2D eigenvalue weighted by molar-refractivity contribution is 6.08. The highest BCUT2D eigenvalue weighted by Gasteiger charge is 2.32. The molecule has 4 heteroatoms. The number of aliphatic hydroxyl groups excluding tert-OH is 1. The van der Waals surface area contributed by atoms with Crippen LogP contribution >= 0.6 is 0 Å². The second kappa shape index (κ2) is 9.01. The molecular formula is C27H32O4. The summed E-state index contributed by atoms with van der Waals surface area (Å²) < 4.78 is 0. The number of aryl methyl sites for hydroxylation is 2.